The van der Waals surface area contributed by atoms with Gasteiger partial charge in [-0.1, -0.05) is 19.4 Å². The van der Waals surface area contributed by atoms with E-state index in [0.29, 0.717) is 6.04 Å². The minimum Gasteiger partial charge on any atom is -0.309 e. The van der Waals surface area contributed by atoms with Gasteiger partial charge >= 0.3 is 0 Å². The fraction of sp³-hybridized carbons (Fsp3) is 0.615. The van der Waals surface area contributed by atoms with Gasteiger partial charge in [0.25, 0.3) is 0 Å². The minimum absolute atomic E-state index is 0.476. The van der Waals surface area contributed by atoms with E-state index in [1.54, 1.807) is 0 Å². The molecule has 0 radical (unpaired) electrons. The summed E-state index contributed by atoms with van der Waals surface area (Å²) in [5.41, 5.74) is 2.34. The molecule has 0 saturated heterocycles. The van der Waals surface area contributed by atoms with Crippen LogP contribution in [0.2, 0.25) is 0 Å². The maximum atomic E-state index is 4.63. The summed E-state index contributed by atoms with van der Waals surface area (Å²) >= 11 is 0. The van der Waals surface area contributed by atoms with Gasteiger partial charge in [0.2, 0.25) is 0 Å². The molecule has 1 aromatic heterocycles. The molecule has 1 aliphatic carbocycles. The highest BCUT2D eigenvalue weighted by molar-refractivity contribution is 5.15. The molecule has 1 aliphatic rings. The van der Waals surface area contributed by atoms with Crippen LogP contribution in [0.1, 0.15) is 43.6 Å². The van der Waals surface area contributed by atoms with Crippen molar-refractivity contribution < 1.29 is 0 Å². The molecule has 1 atom stereocenters. The molecule has 2 heteroatoms. The Bertz CT molecular complexity index is 318. The van der Waals surface area contributed by atoms with Gasteiger partial charge < -0.3 is 5.32 Å². The van der Waals surface area contributed by atoms with E-state index in [-0.39, 0.29) is 0 Å². The molecule has 1 N–H and O–H groups in total. The summed E-state index contributed by atoms with van der Waals surface area (Å²) < 4.78 is 0. The second-order valence-corrected chi connectivity index (χ2v) is 4.43. The molecule has 2 nitrogen and oxygen atoms in total. The highest BCUT2D eigenvalue weighted by Crippen LogP contribution is 2.36. The summed E-state index contributed by atoms with van der Waals surface area (Å²) in [6.45, 7) is 5.26. The quantitative estimate of drug-likeness (QED) is 0.815. The van der Waals surface area contributed by atoms with Crippen molar-refractivity contribution in [3.05, 3.63) is 29.6 Å². The van der Waals surface area contributed by atoms with Crippen LogP contribution < -0.4 is 5.32 Å². The normalized spacial score (nSPS) is 18.5. The summed E-state index contributed by atoms with van der Waals surface area (Å²) in [5.74, 6) is 0.805. The number of rotatable bonds is 4. The van der Waals surface area contributed by atoms with E-state index in [1.165, 1.54) is 25.0 Å². The zero-order valence-corrected chi connectivity index (χ0v) is 9.66. The molecule has 82 valence electrons. The number of aromatic nitrogens is 1. The number of aryl methyl sites for hydroxylation is 1. The lowest BCUT2D eigenvalue weighted by atomic mass is 9.78. The van der Waals surface area contributed by atoms with Gasteiger partial charge in [0.1, 0.15) is 0 Å². The monoisotopic (exact) mass is 204 g/mol. The Labute approximate surface area is 92.1 Å². The number of pyridine rings is 1. The van der Waals surface area contributed by atoms with Crippen LogP contribution in [0.25, 0.3) is 0 Å². The topological polar surface area (TPSA) is 24.9 Å². The first-order valence-electron chi connectivity index (χ1n) is 5.98. The van der Waals surface area contributed by atoms with E-state index in [4.69, 9.17) is 0 Å². The average Bonchev–Trinajstić information content (AvgIpc) is 2.14. The van der Waals surface area contributed by atoms with Gasteiger partial charge in [0.05, 0.1) is 11.7 Å². The zero-order valence-electron chi connectivity index (χ0n) is 9.66. The molecule has 1 fully saturated rings. The summed E-state index contributed by atoms with van der Waals surface area (Å²) in [4.78, 5) is 4.63. The van der Waals surface area contributed by atoms with Crippen LogP contribution >= 0.6 is 0 Å². The average molecular weight is 204 g/mol. The molecular formula is C13H20N2. The van der Waals surface area contributed by atoms with Crippen molar-refractivity contribution in [2.75, 3.05) is 6.54 Å². The molecule has 1 unspecified atom stereocenters. The predicted molar refractivity (Wildman–Crippen MR) is 62.7 cm³/mol. The Hall–Kier alpha value is -0.890. The van der Waals surface area contributed by atoms with E-state index >= 15 is 0 Å². The lowest BCUT2D eigenvalue weighted by Gasteiger charge is -2.34. The van der Waals surface area contributed by atoms with Crippen molar-refractivity contribution in [2.45, 2.75) is 39.2 Å². The van der Waals surface area contributed by atoms with Crippen molar-refractivity contribution >= 4 is 0 Å². The SMILES string of the molecule is CCNC(c1cccc(C)n1)C1CCC1. The molecule has 0 aromatic carbocycles. The second kappa shape index (κ2) is 4.75. The molecular weight excluding hydrogens is 184 g/mol. The van der Waals surface area contributed by atoms with E-state index in [1.807, 2.05) is 0 Å². The molecule has 2 rings (SSSR count). The fourth-order valence-electron chi connectivity index (χ4n) is 2.24. The maximum absolute atomic E-state index is 4.63. The fourth-order valence-corrected chi connectivity index (χ4v) is 2.24. The van der Waals surface area contributed by atoms with Gasteiger partial charge in [-0.25, -0.2) is 0 Å². The summed E-state index contributed by atoms with van der Waals surface area (Å²) in [6.07, 6.45) is 4.10. The van der Waals surface area contributed by atoms with Crippen molar-refractivity contribution in [2.24, 2.45) is 5.92 Å². The third kappa shape index (κ3) is 2.37. The van der Waals surface area contributed by atoms with E-state index in [0.717, 1.165) is 18.2 Å². The molecule has 1 aromatic rings. The van der Waals surface area contributed by atoms with Gasteiger partial charge in [0.15, 0.2) is 0 Å². The standard InChI is InChI=1S/C13H20N2/c1-3-14-13(11-7-5-8-11)12-9-4-6-10(2)15-12/h4,6,9,11,13-14H,3,5,7-8H2,1-2H3. The lowest BCUT2D eigenvalue weighted by molar-refractivity contribution is 0.229. The van der Waals surface area contributed by atoms with Gasteiger partial charge in [-0.15, -0.1) is 0 Å². The molecule has 0 bridgehead atoms. The van der Waals surface area contributed by atoms with Crippen molar-refractivity contribution in [3.63, 3.8) is 0 Å². The van der Waals surface area contributed by atoms with Crippen molar-refractivity contribution in [1.82, 2.24) is 10.3 Å². The Morgan fingerprint density at radius 3 is 2.80 bits per heavy atom. The number of hydrogen-bond donors (Lipinski definition) is 1. The number of nitrogens with one attached hydrogen (secondary N) is 1. The van der Waals surface area contributed by atoms with Gasteiger partial charge in [-0.3, -0.25) is 4.98 Å². The summed E-state index contributed by atoms with van der Waals surface area (Å²) in [6, 6.07) is 6.80. The van der Waals surface area contributed by atoms with Gasteiger partial charge in [-0.05, 0) is 44.4 Å². The molecule has 0 amide bonds. The molecule has 1 heterocycles. The highest BCUT2D eigenvalue weighted by atomic mass is 14.9. The van der Waals surface area contributed by atoms with E-state index in [9.17, 15) is 0 Å². The Balaban J connectivity index is 2.15. The van der Waals surface area contributed by atoms with Crippen LogP contribution in [0.5, 0.6) is 0 Å². The summed E-state index contributed by atoms with van der Waals surface area (Å²) in [5, 5.41) is 3.57. The molecule has 0 spiro atoms. The van der Waals surface area contributed by atoms with Gasteiger partial charge in [-0.2, -0.15) is 0 Å². The molecule has 1 saturated carbocycles. The van der Waals surface area contributed by atoms with E-state index in [2.05, 4.69) is 42.3 Å². The van der Waals surface area contributed by atoms with Crippen LogP contribution in [0, 0.1) is 12.8 Å². The smallest absolute Gasteiger partial charge is 0.0579 e. The van der Waals surface area contributed by atoms with Crippen LogP contribution in [-0.4, -0.2) is 11.5 Å². The predicted octanol–water partition coefficient (Wildman–Crippen LogP) is 2.84. The zero-order chi connectivity index (χ0) is 10.7. The van der Waals surface area contributed by atoms with Gasteiger partial charge in [0, 0.05) is 5.69 Å². The van der Waals surface area contributed by atoms with Crippen LogP contribution in [0.3, 0.4) is 0 Å². The van der Waals surface area contributed by atoms with Crippen molar-refractivity contribution in [1.29, 1.82) is 0 Å². The van der Waals surface area contributed by atoms with Crippen LogP contribution in [-0.2, 0) is 0 Å². The Morgan fingerprint density at radius 1 is 1.47 bits per heavy atom. The highest BCUT2D eigenvalue weighted by Gasteiger charge is 2.28. The third-order valence-electron chi connectivity index (χ3n) is 3.27. The number of hydrogen-bond acceptors (Lipinski definition) is 2. The maximum Gasteiger partial charge on any atom is 0.0579 e. The van der Waals surface area contributed by atoms with Crippen molar-refractivity contribution in [3.8, 4) is 0 Å². The van der Waals surface area contributed by atoms with Crippen LogP contribution in [0.4, 0.5) is 0 Å². The van der Waals surface area contributed by atoms with E-state index < -0.39 is 0 Å². The minimum atomic E-state index is 0.476. The third-order valence-corrected chi connectivity index (χ3v) is 3.27. The van der Waals surface area contributed by atoms with Crippen LogP contribution in [0.15, 0.2) is 18.2 Å². The molecule has 0 aliphatic heterocycles. The number of nitrogens with zero attached hydrogens (tertiary/aromatic N) is 1. The summed E-state index contributed by atoms with van der Waals surface area (Å²) in [7, 11) is 0. The Morgan fingerprint density at radius 2 is 2.27 bits per heavy atom. The first-order chi connectivity index (χ1) is 7.31. The first-order valence-corrected chi connectivity index (χ1v) is 5.98. The largest absolute Gasteiger partial charge is 0.309 e. The second-order valence-electron chi connectivity index (χ2n) is 4.43. The Kier molecular flexibility index (Phi) is 3.37. The lowest BCUT2D eigenvalue weighted by Crippen LogP contribution is -2.32. The first kappa shape index (κ1) is 10.6. The molecule has 15 heavy (non-hydrogen) atoms.